The Morgan fingerprint density at radius 2 is 1.72 bits per heavy atom. The maximum absolute atomic E-state index is 13.7. The number of pyridine rings is 1. The molecule has 3 rings (SSSR count). The zero-order valence-electron chi connectivity index (χ0n) is 21.7. The molecule has 2 aromatic heterocycles. The average Bonchev–Trinajstić information content (AvgIpc) is 2.88. The zero-order valence-corrected chi connectivity index (χ0v) is 22.5. The molecule has 0 saturated carbocycles. The summed E-state index contributed by atoms with van der Waals surface area (Å²) >= 11 is 0. The molecule has 210 valence electrons. The van der Waals surface area contributed by atoms with Crippen LogP contribution >= 0.6 is 0 Å². The van der Waals surface area contributed by atoms with Gasteiger partial charge in [-0.1, -0.05) is 6.07 Å². The van der Waals surface area contributed by atoms with Gasteiger partial charge in [-0.25, -0.2) is 18.4 Å². The van der Waals surface area contributed by atoms with Crippen molar-refractivity contribution >= 4 is 15.7 Å². The molecule has 14 heteroatoms. The number of benzene rings is 1. The highest BCUT2D eigenvalue weighted by molar-refractivity contribution is 7.91. The predicted molar refractivity (Wildman–Crippen MR) is 135 cm³/mol. The van der Waals surface area contributed by atoms with Gasteiger partial charge in [0, 0.05) is 38.3 Å². The van der Waals surface area contributed by atoms with Gasteiger partial charge in [-0.05, 0) is 36.2 Å². The first-order chi connectivity index (χ1) is 18.2. The third-order valence-electron chi connectivity index (χ3n) is 5.66. The molecule has 0 aliphatic rings. The van der Waals surface area contributed by atoms with Crippen molar-refractivity contribution in [2.45, 2.75) is 30.7 Å². The SMILES string of the molecule is COc1ccc(Cn2cc(-c3cc(C(F)(F)F)nc(S(=O)(=O)CCCC(=O)N(C)C)n3)ccc2=O)cc1OC. The molecule has 1 aromatic carbocycles. The van der Waals surface area contributed by atoms with Gasteiger partial charge in [-0.3, -0.25) is 9.59 Å². The number of rotatable bonds is 10. The molecule has 0 saturated heterocycles. The first-order valence-electron chi connectivity index (χ1n) is 11.6. The second kappa shape index (κ2) is 11.8. The summed E-state index contributed by atoms with van der Waals surface area (Å²) in [4.78, 5) is 32.7. The van der Waals surface area contributed by atoms with E-state index in [1.54, 1.807) is 18.2 Å². The molecular formula is C25H27F3N4O6S. The molecule has 0 unspecified atom stereocenters. The highest BCUT2D eigenvalue weighted by Gasteiger charge is 2.35. The van der Waals surface area contributed by atoms with Gasteiger partial charge in [0.1, 0.15) is 5.69 Å². The van der Waals surface area contributed by atoms with Gasteiger partial charge in [-0.2, -0.15) is 13.2 Å². The molecule has 10 nitrogen and oxygen atoms in total. The van der Waals surface area contributed by atoms with Gasteiger partial charge in [0.05, 0.1) is 32.2 Å². The maximum Gasteiger partial charge on any atom is 0.433 e. The first kappa shape index (κ1) is 29.6. The quantitative estimate of drug-likeness (QED) is 0.342. The van der Waals surface area contributed by atoms with E-state index < -0.39 is 38.2 Å². The van der Waals surface area contributed by atoms with E-state index in [4.69, 9.17) is 9.47 Å². The number of amides is 1. The Labute approximate surface area is 222 Å². The molecule has 0 fully saturated rings. The van der Waals surface area contributed by atoms with E-state index in [0.29, 0.717) is 23.1 Å². The van der Waals surface area contributed by atoms with Crippen molar-refractivity contribution in [3.63, 3.8) is 0 Å². The average molecular weight is 569 g/mol. The van der Waals surface area contributed by atoms with Gasteiger partial charge >= 0.3 is 6.18 Å². The number of hydrogen-bond donors (Lipinski definition) is 0. The molecule has 39 heavy (non-hydrogen) atoms. The van der Waals surface area contributed by atoms with Crippen molar-refractivity contribution in [1.29, 1.82) is 0 Å². The van der Waals surface area contributed by atoms with E-state index >= 15 is 0 Å². The highest BCUT2D eigenvalue weighted by Crippen LogP contribution is 2.31. The Balaban J connectivity index is 2.01. The van der Waals surface area contributed by atoms with Crippen LogP contribution in [0.3, 0.4) is 0 Å². The molecule has 0 spiro atoms. The molecular weight excluding hydrogens is 541 g/mol. The van der Waals surface area contributed by atoms with Crippen LogP contribution in [0.15, 0.2) is 52.5 Å². The molecule has 0 aliphatic carbocycles. The Morgan fingerprint density at radius 3 is 2.33 bits per heavy atom. The smallest absolute Gasteiger partial charge is 0.433 e. The van der Waals surface area contributed by atoms with Crippen molar-refractivity contribution in [2.24, 2.45) is 0 Å². The van der Waals surface area contributed by atoms with Crippen molar-refractivity contribution in [2.75, 3.05) is 34.1 Å². The lowest BCUT2D eigenvalue weighted by Crippen LogP contribution is -2.23. The second-order valence-electron chi connectivity index (χ2n) is 8.70. The molecule has 0 N–H and O–H groups in total. The van der Waals surface area contributed by atoms with Gasteiger partial charge in [0.25, 0.3) is 5.56 Å². The molecule has 0 aliphatic heterocycles. The Bertz CT molecular complexity index is 1520. The largest absolute Gasteiger partial charge is 0.493 e. The summed E-state index contributed by atoms with van der Waals surface area (Å²) in [5, 5.41) is -1.01. The minimum Gasteiger partial charge on any atom is -0.493 e. The third kappa shape index (κ3) is 7.34. The minimum atomic E-state index is -4.96. The minimum absolute atomic E-state index is 0.0370. The molecule has 3 aromatic rings. The number of ether oxygens (including phenoxy) is 2. The number of nitrogens with zero attached hydrogens (tertiary/aromatic N) is 4. The number of aromatic nitrogens is 3. The predicted octanol–water partition coefficient (Wildman–Crippen LogP) is 3.03. The Hall–Kier alpha value is -3.94. The molecule has 0 bridgehead atoms. The number of alkyl halides is 3. The van der Waals surface area contributed by atoms with Crippen LogP contribution in [-0.4, -0.2) is 67.8 Å². The van der Waals surface area contributed by atoms with E-state index in [0.717, 1.165) is 6.07 Å². The summed E-state index contributed by atoms with van der Waals surface area (Å²) in [7, 11) is 1.57. The van der Waals surface area contributed by atoms with Crippen LogP contribution in [-0.2, 0) is 27.4 Å². The van der Waals surface area contributed by atoms with Crippen LogP contribution in [0.2, 0.25) is 0 Å². The van der Waals surface area contributed by atoms with Gasteiger partial charge in [0.15, 0.2) is 11.5 Å². The van der Waals surface area contributed by atoms with E-state index in [2.05, 4.69) is 9.97 Å². The lowest BCUT2D eigenvalue weighted by molar-refractivity contribution is -0.141. The normalized spacial score (nSPS) is 11.8. The number of carbonyl (C=O) groups is 1. The lowest BCUT2D eigenvalue weighted by Gasteiger charge is -2.13. The number of halogens is 3. The van der Waals surface area contributed by atoms with Crippen LogP contribution in [0.5, 0.6) is 11.5 Å². The van der Waals surface area contributed by atoms with Crippen LogP contribution < -0.4 is 15.0 Å². The monoisotopic (exact) mass is 568 g/mol. The van der Waals surface area contributed by atoms with Crippen molar-refractivity contribution in [1.82, 2.24) is 19.4 Å². The standard InChI is InChI=1S/C25H27F3N4O6S/c1-31(2)22(33)6-5-11-39(35,36)24-29-18(13-21(30-24)25(26,27)28)17-8-10-23(34)32(15-17)14-16-7-9-19(37-3)20(12-16)38-4/h7-10,12-13,15H,5-6,11,14H2,1-4H3. The Kier molecular flexibility index (Phi) is 8.99. The van der Waals surface area contributed by atoms with Crippen molar-refractivity contribution in [3.8, 4) is 22.8 Å². The van der Waals surface area contributed by atoms with Crippen molar-refractivity contribution in [3.05, 3.63) is 64.2 Å². The fourth-order valence-electron chi connectivity index (χ4n) is 3.57. The zero-order chi connectivity index (χ0) is 29.0. The first-order valence-corrected chi connectivity index (χ1v) is 13.2. The summed E-state index contributed by atoms with van der Waals surface area (Å²) in [6, 6.07) is 8.00. The van der Waals surface area contributed by atoms with Crippen LogP contribution in [0.4, 0.5) is 13.2 Å². The fourth-order valence-corrected chi connectivity index (χ4v) is 4.75. The summed E-state index contributed by atoms with van der Waals surface area (Å²) in [5.41, 5.74) is -1.52. The summed E-state index contributed by atoms with van der Waals surface area (Å²) in [6.45, 7) is 0.0370. The number of carbonyl (C=O) groups excluding carboxylic acids is 1. The van der Waals surface area contributed by atoms with E-state index in [9.17, 15) is 31.2 Å². The van der Waals surface area contributed by atoms with E-state index in [1.807, 2.05) is 0 Å². The van der Waals surface area contributed by atoms with E-state index in [1.165, 1.54) is 50.0 Å². The van der Waals surface area contributed by atoms with E-state index in [-0.39, 0.29) is 36.6 Å². The number of hydrogen-bond acceptors (Lipinski definition) is 8. The number of sulfone groups is 1. The highest BCUT2D eigenvalue weighted by atomic mass is 32.2. The Morgan fingerprint density at radius 1 is 1.03 bits per heavy atom. The molecule has 0 radical (unpaired) electrons. The second-order valence-corrected chi connectivity index (χ2v) is 10.7. The topological polar surface area (TPSA) is 121 Å². The summed E-state index contributed by atoms with van der Waals surface area (Å²) in [6.07, 6.45) is -3.91. The van der Waals surface area contributed by atoms with Gasteiger partial charge < -0.3 is 18.9 Å². The molecule has 0 atom stereocenters. The van der Waals surface area contributed by atoms with Gasteiger partial charge in [-0.15, -0.1) is 0 Å². The number of methoxy groups -OCH3 is 2. The third-order valence-corrected chi connectivity index (χ3v) is 7.22. The van der Waals surface area contributed by atoms with Gasteiger partial charge in [0.2, 0.25) is 20.9 Å². The summed E-state index contributed by atoms with van der Waals surface area (Å²) in [5.74, 6) is -0.0473. The maximum atomic E-state index is 13.7. The van der Waals surface area contributed by atoms with Crippen molar-refractivity contribution < 1.29 is 35.9 Å². The van der Waals surface area contributed by atoms with Crippen LogP contribution in [0.1, 0.15) is 24.1 Å². The molecule has 2 heterocycles. The molecule has 1 amide bonds. The lowest BCUT2D eigenvalue weighted by atomic mass is 10.1. The van der Waals surface area contributed by atoms with Crippen LogP contribution in [0, 0.1) is 0 Å². The van der Waals surface area contributed by atoms with Crippen LogP contribution in [0.25, 0.3) is 11.3 Å². The fraction of sp³-hybridized carbons (Fsp3) is 0.360. The summed E-state index contributed by atoms with van der Waals surface area (Å²) < 4.78 is 78.3.